The van der Waals surface area contributed by atoms with E-state index in [1.807, 2.05) is 30.3 Å². The van der Waals surface area contributed by atoms with Crippen molar-refractivity contribution in [3.63, 3.8) is 0 Å². The first-order valence-corrected chi connectivity index (χ1v) is 10.7. The minimum Gasteiger partial charge on any atom is -0.385 e. The van der Waals surface area contributed by atoms with Crippen molar-refractivity contribution in [2.24, 2.45) is 0 Å². The van der Waals surface area contributed by atoms with Crippen LogP contribution in [-0.2, 0) is 17.0 Å². The molecule has 4 aromatic rings. The fourth-order valence-corrected chi connectivity index (χ4v) is 4.02. The number of halogens is 1. The Labute approximate surface area is 182 Å². The summed E-state index contributed by atoms with van der Waals surface area (Å²) in [6.07, 6.45) is 0.698. The third kappa shape index (κ3) is 4.56. The molecule has 0 atom stereocenters. The van der Waals surface area contributed by atoms with Gasteiger partial charge in [-0.3, -0.25) is 9.36 Å². The van der Waals surface area contributed by atoms with Gasteiger partial charge in [-0.15, -0.1) is 0 Å². The number of hydrogen-bond acceptors (Lipinski definition) is 7. The van der Waals surface area contributed by atoms with Crippen LogP contribution in [0.3, 0.4) is 0 Å². The molecule has 154 valence electrons. The summed E-state index contributed by atoms with van der Waals surface area (Å²) < 4.78 is 12.2. The predicted molar refractivity (Wildman–Crippen MR) is 117 cm³/mol. The first kappa shape index (κ1) is 20.6. The summed E-state index contributed by atoms with van der Waals surface area (Å²) in [6, 6.07) is 14.7. The first-order valence-electron chi connectivity index (χ1n) is 9.35. The molecule has 0 spiro atoms. The second-order valence-electron chi connectivity index (χ2n) is 6.53. The summed E-state index contributed by atoms with van der Waals surface area (Å²) in [4.78, 5) is 22.1. The summed E-state index contributed by atoms with van der Waals surface area (Å²) in [6.45, 7) is 1.05. The zero-order valence-electron chi connectivity index (χ0n) is 16.2. The monoisotopic (exact) mass is 442 g/mol. The summed E-state index contributed by atoms with van der Waals surface area (Å²) in [5.74, 6) is 1.38. The quantitative estimate of drug-likeness (QED) is 0.227. The van der Waals surface area contributed by atoms with Gasteiger partial charge in [0.15, 0.2) is 5.16 Å². The molecule has 0 aliphatic heterocycles. The second-order valence-corrected chi connectivity index (χ2v) is 7.90. The third-order valence-corrected chi connectivity index (χ3v) is 5.63. The Bertz CT molecular complexity index is 1210. The van der Waals surface area contributed by atoms with Crippen molar-refractivity contribution in [1.29, 1.82) is 0 Å². The van der Waals surface area contributed by atoms with E-state index in [0.29, 0.717) is 58.1 Å². The normalized spacial score (nSPS) is 11.3. The zero-order valence-corrected chi connectivity index (χ0v) is 17.8. The number of methoxy groups -OCH3 is 1. The van der Waals surface area contributed by atoms with Crippen LogP contribution in [0.5, 0.6) is 0 Å². The van der Waals surface area contributed by atoms with Crippen LogP contribution in [0.4, 0.5) is 0 Å². The number of aromatic nitrogens is 4. The molecule has 0 aliphatic carbocycles. The van der Waals surface area contributed by atoms with Gasteiger partial charge in [-0.2, -0.15) is 4.98 Å². The number of nitrogens with zero attached hydrogens (tertiary/aromatic N) is 4. The lowest BCUT2D eigenvalue weighted by molar-refractivity contribution is 0.189. The molecule has 0 saturated heterocycles. The van der Waals surface area contributed by atoms with Gasteiger partial charge in [0.05, 0.1) is 16.7 Å². The number of ether oxygens (including phenoxy) is 1. The predicted octanol–water partition coefficient (Wildman–Crippen LogP) is 4.43. The average Bonchev–Trinajstić information content (AvgIpc) is 3.23. The maximum atomic E-state index is 13.0. The van der Waals surface area contributed by atoms with Crippen molar-refractivity contribution in [3.8, 4) is 11.4 Å². The molecule has 0 fully saturated rings. The molecule has 30 heavy (non-hydrogen) atoms. The molecule has 0 amide bonds. The average molecular weight is 443 g/mol. The van der Waals surface area contributed by atoms with Crippen LogP contribution in [-0.4, -0.2) is 33.4 Å². The van der Waals surface area contributed by atoms with Crippen molar-refractivity contribution in [2.45, 2.75) is 23.9 Å². The Morgan fingerprint density at radius 3 is 2.80 bits per heavy atom. The van der Waals surface area contributed by atoms with Crippen LogP contribution < -0.4 is 5.56 Å². The number of rotatable bonds is 8. The summed E-state index contributed by atoms with van der Waals surface area (Å²) in [5, 5.41) is 5.68. The minimum absolute atomic E-state index is 0.106. The van der Waals surface area contributed by atoms with E-state index in [0.717, 1.165) is 5.56 Å². The van der Waals surface area contributed by atoms with Crippen molar-refractivity contribution in [1.82, 2.24) is 19.7 Å². The molecule has 2 aromatic carbocycles. The summed E-state index contributed by atoms with van der Waals surface area (Å²) in [5.41, 5.74) is 1.34. The van der Waals surface area contributed by atoms with Gasteiger partial charge in [0.25, 0.3) is 5.56 Å². The SMILES string of the molecule is COCCCn1c(SCc2nc(-c3ccccc3)no2)nc2cc(Cl)ccc2c1=O. The minimum atomic E-state index is -0.106. The van der Waals surface area contributed by atoms with E-state index < -0.39 is 0 Å². The van der Waals surface area contributed by atoms with Gasteiger partial charge in [0, 0.05) is 30.8 Å². The van der Waals surface area contributed by atoms with Gasteiger partial charge < -0.3 is 9.26 Å². The second kappa shape index (κ2) is 9.42. The fraction of sp³-hybridized carbons (Fsp3) is 0.238. The number of benzene rings is 2. The molecule has 0 saturated carbocycles. The lowest BCUT2D eigenvalue weighted by atomic mass is 10.2. The molecule has 2 heterocycles. The van der Waals surface area contributed by atoms with Gasteiger partial charge in [-0.25, -0.2) is 4.98 Å². The van der Waals surface area contributed by atoms with Gasteiger partial charge >= 0.3 is 0 Å². The van der Waals surface area contributed by atoms with E-state index in [1.54, 1.807) is 29.9 Å². The van der Waals surface area contributed by atoms with Crippen LogP contribution in [0.15, 0.2) is 63.0 Å². The lowest BCUT2D eigenvalue weighted by Crippen LogP contribution is -2.24. The van der Waals surface area contributed by atoms with Crippen molar-refractivity contribution in [2.75, 3.05) is 13.7 Å². The molecule has 2 aromatic heterocycles. The van der Waals surface area contributed by atoms with E-state index in [4.69, 9.17) is 20.9 Å². The highest BCUT2D eigenvalue weighted by atomic mass is 35.5. The van der Waals surface area contributed by atoms with Gasteiger partial charge in [-0.1, -0.05) is 58.9 Å². The Morgan fingerprint density at radius 1 is 1.17 bits per heavy atom. The molecule has 0 aliphatic rings. The Morgan fingerprint density at radius 2 is 2.00 bits per heavy atom. The van der Waals surface area contributed by atoms with E-state index in [1.165, 1.54) is 11.8 Å². The molecule has 7 nitrogen and oxygen atoms in total. The smallest absolute Gasteiger partial charge is 0.262 e. The number of fused-ring (bicyclic) bond motifs is 1. The molecule has 0 radical (unpaired) electrons. The van der Waals surface area contributed by atoms with Gasteiger partial charge in [0.2, 0.25) is 11.7 Å². The van der Waals surface area contributed by atoms with Crippen molar-refractivity contribution < 1.29 is 9.26 Å². The topological polar surface area (TPSA) is 83.0 Å². The molecule has 0 N–H and O–H groups in total. The summed E-state index contributed by atoms with van der Waals surface area (Å²) in [7, 11) is 1.64. The Balaban J connectivity index is 1.61. The largest absolute Gasteiger partial charge is 0.385 e. The maximum absolute atomic E-state index is 13.0. The van der Waals surface area contributed by atoms with E-state index in [9.17, 15) is 4.79 Å². The first-order chi connectivity index (χ1) is 14.7. The highest BCUT2D eigenvalue weighted by Gasteiger charge is 2.15. The van der Waals surface area contributed by atoms with Crippen LogP contribution in [0, 0.1) is 0 Å². The highest BCUT2D eigenvalue weighted by Crippen LogP contribution is 2.24. The molecule has 0 bridgehead atoms. The fourth-order valence-electron chi connectivity index (χ4n) is 2.99. The van der Waals surface area contributed by atoms with Crippen molar-refractivity contribution in [3.05, 3.63) is 69.8 Å². The highest BCUT2D eigenvalue weighted by molar-refractivity contribution is 7.98. The summed E-state index contributed by atoms with van der Waals surface area (Å²) >= 11 is 7.47. The molecule has 0 unspecified atom stereocenters. The third-order valence-electron chi connectivity index (χ3n) is 4.44. The number of thioether (sulfide) groups is 1. The molecular weight excluding hydrogens is 424 g/mol. The van der Waals surface area contributed by atoms with Crippen LogP contribution in [0.25, 0.3) is 22.3 Å². The molecule has 4 rings (SSSR count). The Hall–Kier alpha value is -2.68. The Kier molecular flexibility index (Phi) is 6.47. The zero-order chi connectivity index (χ0) is 20.9. The van der Waals surface area contributed by atoms with E-state index in [-0.39, 0.29) is 5.56 Å². The van der Waals surface area contributed by atoms with Crippen molar-refractivity contribution >= 4 is 34.3 Å². The van der Waals surface area contributed by atoms with Gasteiger partial charge in [0.1, 0.15) is 0 Å². The van der Waals surface area contributed by atoms with Gasteiger partial charge in [-0.05, 0) is 24.6 Å². The molecular formula is C21H19ClN4O3S. The standard InChI is InChI=1S/C21H19ClN4O3S/c1-28-11-5-10-26-20(27)16-9-8-15(22)12-17(16)23-21(26)30-13-18-24-19(25-29-18)14-6-3-2-4-7-14/h2-4,6-9,12H,5,10-11,13H2,1H3. The van der Waals surface area contributed by atoms with E-state index in [2.05, 4.69) is 15.1 Å². The van der Waals surface area contributed by atoms with E-state index >= 15 is 0 Å². The van der Waals surface area contributed by atoms with Crippen LogP contribution in [0.1, 0.15) is 12.3 Å². The number of hydrogen-bond donors (Lipinski definition) is 0. The van der Waals surface area contributed by atoms with Crippen LogP contribution >= 0.6 is 23.4 Å². The molecule has 9 heteroatoms. The maximum Gasteiger partial charge on any atom is 0.262 e. The van der Waals surface area contributed by atoms with Crippen LogP contribution in [0.2, 0.25) is 5.02 Å². The lowest BCUT2D eigenvalue weighted by Gasteiger charge is -2.12.